The van der Waals surface area contributed by atoms with Crippen molar-refractivity contribution in [2.75, 3.05) is 13.1 Å². The second-order valence-electron chi connectivity index (χ2n) is 7.66. The van der Waals surface area contributed by atoms with E-state index in [1.54, 1.807) is 0 Å². The fourth-order valence-electron chi connectivity index (χ4n) is 4.36. The molecule has 3 aliphatic rings. The number of amides is 3. The van der Waals surface area contributed by atoms with Crippen LogP contribution in [0, 0.1) is 5.92 Å². The van der Waals surface area contributed by atoms with Gasteiger partial charge in [-0.3, -0.25) is 15.0 Å². The van der Waals surface area contributed by atoms with Crippen LogP contribution in [-0.4, -0.2) is 36.0 Å². The molecule has 2 heterocycles. The molecule has 1 aromatic rings. The number of hydrogen-bond donors (Lipinski definition) is 2. The predicted molar refractivity (Wildman–Crippen MR) is 98.6 cm³/mol. The minimum absolute atomic E-state index is 0.183. The Balaban J connectivity index is 1.32. The number of rotatable bonds is 4. The van der Waals surface area contributed by atoms with Gasteiger partial charge < -0.3 is 5.32 Å². The number of urea groups is 1. The third kappa shape index (κ3) is 4.06. The number of carbonyl (C=O) groups excluding carboxylic acids is 2. The van der Waals surface area contributed by atoms with E-state index in [2.05, 4.69) is 27.0 Å². The third-order valence-corrected chi connectivity index (χ3v) is 6.72. The Labute approximate surface area is 153 Å². The lowest BCUT2D eigenvalue weighted by atomic mass is 9.96. The van der Waals surface area contributed by atoms with E-state index in [4.69, 9.17) is 0 Å². The number of nitrogens with zero attached hydrogens (tertiary/aromatic N) is 1. The van der Waals surface area contributed by atoms with Crippen molar-refractivity contribution in [3.63, 3.8) is 0 Å². The van der Waals surface area contributed by atoms with E-state index < -0.39 is 0 Å². The zero-order valence-electron chi connectivity index (χ0n) is 14.6. The van der Waals surface area contributed by atoms with Gasteiger partial charge in [-0.2, -0.15) is 0 Å². The number of thiophene rings is 1. The molecule has 2 fully saturated rings. The quantitative estimate of drug-likeness (QED) is 0.866. The smallest absolute Gasteiger partial charge is 0.321 e. The molecular formula is C19H27N3O2S. The summed E-state index contributed by atoms with van der Waals surface area (Å²) in [6, 6.07) is 2.49. The topological polar surface area (TPSA) is 61.4 Å². The molecule has 0 bridgehead atoms. The Bertz CT molecular complexity index is 634. The monoisotopic (exact) mass is 361 g/mol. The second kappa shape index (κ2) is 7.46. The fraction of sp³-hybridized carbons (Fsp3) is 0.684. The van der Waals surface area contributed by atoms with Crippen molar-refractivity contribution in [1.29, 1.82) is 0 Å². The van der Waals surface area contributed by atoms with Gasteiger partial charge in [-0.1, -0.05) is 19.3 Å². The molecule has 2 aliphatic carbocycles. The lowest BCUT2D eigenvalue weighted by molar-refractivity contribution is -0.122. The van der Waals surface area contributed by atoms with Gasteiger partial charge in [0.1, 0.15) is 0 Å². The lowest BCUT2D eigenvalue weighted by Crippen LogP contribution is -2.49. The van der Waals surface area contributed by atoms with Crippen molar-refractivity contribution in [3.8, 4) is 0 Å². The van der Waals surface area contributed by atoms with Crippen molar-refractivity contribution in [1.82, 2.24) is 15.5 Å². The van der Waals surface area contributed by atoms with Crippen LogP contribution in [-0.2, 0) is 11.2 Å². The van der Waals surface area contributed by atoms with Gasteiger partial charge in [0, 0.05) is 23.5 Å². The SMILES string of the molecule is O=C(CN1CCc2sccc2[C@H]1C1CC1)NC(=O)NC1CCCCC1. The molecule has 1 aliphatic heterocycles. The molecule has 25 heavy (non-hydrogen) atoms. The van der Waals surface area contributed by atoms with E-state index >= 15 is 0 Å². The molecule has 4 rings (SSSR count). The summed E-state index contributed by atoms with van der Waals surface area (Å²) in [5.41, 5.74) is 1.42. The maximum absolute atomic E-state index is 12.4. The summed E-state index contributed by atoms with van der Waals surface area (Å²) in [5.74, 6) is 0.496. The van der Waals surface area contributed by atoms with E-state index in [1.165, 1.54) is 42.5 Å². The van der Waals surface area contributed by atoms with Gasteiger partial charge in [-0.15, -0.1) is 11.3 Å². The summed E-state index contributed by atoms with van der Waals surface area (Å²) in [5, 5.41) is 7.67. The van der Waals surface area contributed by atoms with Crippen LogP contribution < -0.4 is 10.6 Å². The molecule has 3 amide bonds. The van der Waals surface area contributed by atoms with Crippen molar-refractivity contribution in [3.05, 3.63) is 21.9 Å². The van der Waals surface area contributed by atoms with Crippen LogP contribution in [0.15, 0.2) is 11.4 Å². The van der Waals surface area contributed by atoms with Gasteiger partial charge in [0.2, 0.25) is 5.91 Å². The van der Waals surface area contributed by atoms with E-state index in [-0.39, 0.29) is 18.0 Å². The first-order chi connectivity index (χ1) is 12.2. The van der Waals surface area contributed by atoms with Crippen molar-refractivity contribution < 1.29 is 9.59 Å². The van der Waals surface area contributed by atoms with Gasteiger partial charge in [-0.25, -0.2) is 4.79 Å². The maximum Gasteiger partial charge on any atom is 0.321 e. The Kier molecular flexibility index (Phi) is 5.08. The number of fused-ring (bicyclic) bond motifs is 1. The van der Waals surface area contributed by atoms with E-state index in [9.17, 15) is 9.59 Å². The Hall–Kier alpha value is -1.40. The van der Waals surface area contributed by atoms with Crippen molar-refractivity contribution >= 4 is 23.3 Å². The molecule has 0 spiro atoms. The molecule has 1 atom stereocenters. The van der Waals surface area contributed by atoms with E-state index in [0.717, 1.165) is 25.8 Å². The summed E-state index contributed by atoms with van der Waals surface area (Å²) in [6.07, 6.45) is 9.15. The molecule has 2 N–H and O–H groups in total. The number of imide groups is 1. The van der Waals surface area contributed by atoms with Gasteiger partial charge in [0.15, 0.2) is 0 Å². The first kappa shape index (κ1) is 17.0. The first-order valence-corrected chi connectivity index (χ1v) is 10.5. The average molecular weight is 362 g/mol. The van der Waals surface area contributed by atoms with E-state index in [1.807, 2.05) is 11.3 Å². The molecule has 0 unspecified atom stereocenters. The van der Waals surface area contributed by atoms with Crippen LogP contribution in [0.3, 0.4) is 0 Å². The molecule has 0 radical (unpaired) electrons. The fourth-order valence-corrected chi connectivity index (χ4v) is 5.27. The second-order valence-corrected chi connectivity index (χ2v) is 8.66. The molecule has 136 valence electrons. The predicted octanol–water partition coefficient (Wildman–Crippen LogP) is 3.22. The van der Waals surface area contributed by atoms with Crippen LogP contribution in [0.5, 0.6) is 0 Å². The molecule has 0 saturated heterocycles. The standard InChI is InChI=1S/C19H27N3O2S/c23-17(21-19(24)20-14-4-2-1-3-5-14)12-22-10-8-16-15(9-11-25-16)18(22)13-6-7-13/h9,11,13-14,18H,1-8,10,12H2,(H2,20,21,23,24)/t18-/m1/s1. The molecule has 2 saturated carbocycles. The summed E-state index contributed by atoms with van der Waals surface area (Å²) in [6.45, 7) is 1.22. The molecule has 6 heteroatoms. The average Bonchev–Trinajstić information content (AvgIpc) is 3.31. The highest BCUT2D eigenvalue weighted by Crippen LogP contribution is 2.48. The highest BCUT2D eigenvalue weighted by atomic mass is 32.1. The van der Waals surface area contributed by atoms with Crippen molar-refractivity contribution in [2.24, 2.45) is 5.92 Å². The van der Waals surface area contributed by atoms with E-state index in [0.29, 0.717) is 18.5 Å². The van der Waals surface area contributed by atoms with Crippen LogP contribution >= 0.6 is 11.3 Å². The molecule has 5 nitrogen and oxygen atoms in total. The zero-order chi connectivity index (χ0) is 17.2. The van der Waals surface area contributed by atoms with Gasteiger partial charge in [-0.05, 0) is 55.0 Å². The first-order valence-electron chi connectivity index (χ1n) is 9.61. The van der Waals surface area contributed by atoms with Crippen LogP contribution in [0.1, 0.15) is 61.4 Å². The normalized spacial score (nSPS) is 24.6. The van der Waals surface area contributed by atoms with Gasteiger partial charge >= 0.3 is 6.03 Å². The minimum Gasteiger partial charge on any atom is -0.335 e. The summed E-state index contributed by atoms with van der Waals surface area (Å²) >= 11 is 1.83. The van der Waals surface area contributed by atoms with Crippen molar-refractivity contribution in [2.45, 2.75) is 63.5 Å². The third-order valence-electron chi connectivity index (χ3n) is 5.73. The Morgan fingerprint density at radius 1 is 1.16 bits per heavy atom. The number of nitrogens with one attached hydrogen (secondary N) is 2. The molecule has 0 aromatic carbocycles. The molecular weight excluding hydrogens is 334 g/mol. The maximum atomic E-state index is 12.4. The summed E-state index contributed by atoms with van der Waals surface area (Å²) in [7, 11) is 0. The van der Waals surface area contributed by atoms with Gasteiger partial charge in [0.05, 0.1) is 6.54 Å². The zero-order valence-corrected chi connectivity index (χ0v) is 15.4. The van der Waals surface area contributed by atoms with Crippen LogP contribution in [0.2, 0.25) is 0 Å². The number of carbonyl (C=O) groups is 2. The highest BCUT2D eigenvalue weighted by molar-refractivity contribution is 7.10. The Morgan fingerprint density at radius 3 is 2.72 bits per heavy atom. The van der Waals surface area contributed by atoms with Crippen LogP contribution in [0.4, 0.5) is 4.79 Å². The minimum atomic E-state index is -0.326. The highest BCUT2D eigenvalue weighted by Gasteiger charge is 2.40. The Morgan fingerprint density at radius 2 is 1.96 bits per heavy atom. The largest absolute Gasteiger partial charge is 0.335 e. The lowest BCUT2D eigenvalue weighted by Gasteiger charge is -2.35. The number of hydrogen-bond acceptors (Lipinski definition) is 4. The molecule has 1 aromatic heterocycles. The van der Waals surface area contributed by atoms with Gasteiger partial charge in [0.25, 0.3) is 0 Å². The van der Waals surface area contributed by atoms with Crippen LogP contribution in [0.25, 0.3) is 0 Å². The summed E-state index contributed by atoms with van der Waals surface area (Å²) in [4.78, 5) is 28.2. The summed E-state index contributed by atoms with van der Waals surface area (Å²) < 4.78 is 0.